The number of hydrogen-bond acceptors (Lipinski definition) is 2. The molecule has 0 bridgehead atoms. The van der Waals surface area contributed by atoms with Crippen LogP contribution in [0.3, 0.4) is 0 Å². The average Bonchev–Trinajstić information content (AvgIpc) is 2.38. The van der Waals surface area contributed by atoms with E-state index in [4.69, 9.17) is 5.73 Å². The molecule has 3 N–H and O–H groups in total. The Bertz CT molecular complexity index is 454. The van der Waals surface area contributed by atoms with Gasteiger partial charge in [-0.3, -0.25) is 4.79 Å². The molecule has 0 radical (unpaired) electrons. The standard InChI is InChI=1S/C17H28N2O/c1-11(2)8-15(10-18)17(20)19-14(5)16-9-12(3)6-7-13(16)4/h6-7,9,11,14-15H,8,10,18H2,1-5H3,(H,19,20). The van der Waals surface area contributed by atoms with E-state index in [1.807, 2.05) is 6.92 Å². The minimum Gasteiger partial charge on any atom is -0.349 e. The molecule has 0 fully saturated rings. The van der Waals surface area contributed by atoms with Crippen molar-refractivity contribution < 1.29 is 4.79 Å². The first kappa shape index (κ1) is 16.7. The van der Waals surface area contributed by atoms with Crippen LogP contribution in [0.1, 0.15) is 49.9 Å². The second-order valence-electron chi connectivity index (χ2n) is 6.15. The molecule has 2 atom stereocenters. The molecule has 1 aromatic rings. The van der Waals surface area contributed by atoms with Crippen molar-refractivity contribution >= 4 is 5.91 Å². The Morgan fingerprint density at radius 1 is 1.25 bits per heavy atom. The van der Waals surface area contributed by atoms with Crippen LogP contribution in [0.15, 0.2) is 18.2 Å². The molecule has 1 amide bonds. The van der Waals surface area contributed by atoms with Crippen LogP contribution >= 0.6 is 0 Å². The van der Waals surface area contributed by atoms with Gasteiger partial charge in [-0.1, -0.05) is 37.6 Å². The summed E-state index contributed by atoms with van der Waals surface area (Å²) in [6.45, 7) is 10.8. The Labute approximate surface area is 122 Å². The fraction of sp³-hybridized carbons (Fsp3) is 0.588. The van der Waals surface area contributed by atoms with Crippen LogP contribution in [-0.2, 0) is 4.79 Å². The normalized spacial score (nSPS) is 14.2. The zero-order chi connectivity index (χ0) is 15.3. The number of carbonyl (C=O) groups excluding carboxylic acids is 1. The van der Waals surface area contributed by atoms with Gasteiger partial charge in [0.15, 0.2) is 0 Å². The third kappa shape index (κ3) is 4.64. The van der Waals surface area contributed by atoms with Crippen molar-refractivity contribution in [3.63, 3.8) is 0 Å². The number of nitrogens with two attached hydrogens (primary N) is 1. The van der Waals surface area contributed by atoms with Crippen molar-refractivity contribution in [3.8, 4) is 0 Å². The van der Waals surface area contributed by atoms with E-state index in [0.29, 0.717) is 12.5 Å². The van der Waals surface area contributed by atoms with Crippen LogP contribution in [0, 0.1) is 25.7 Å². The second kappa shape index (κ2) is 7.44. The van der Waals surface area contributed by atoms with Crippen LogP contribution in [0.4, 0.5) is 0 Å². The van der Waals surface area contributed by atoms with Gasteiger partial charge in [0.1, 0.15) is 0 Å². The van der Waals surface area contributed by atoms with Gasteiger partial charge in [0, 0.05) is 6.54 Å². The van der Waals surface area contributed by atoms with Gasteiger partial charge in [-0.15, -0.1) is 0 Å². The van der Waals surface area contributed by atoms with E-state index >= 15 is 0 Å². The third-order valence-corrected chi connectivity index (χ3v) is 3.67. The molecule has 20 heavy (non-hydrogen) atoms. The maximum Gasteiger partial charge on any atom is 0.224 e. The Morgan fingerprint density at radius 2 is 1.90 bits per heavy atom. The van der Waals surface area contributed by atoms with Crippen LogP contribution in [0.25, 0.3) is 0 Å². The molecule has 0 aliphatic carbocycles. The largest absolute Gasteiger partial charge is 0.349 e. The molecule has 3 nitrogen and oxygen atoms in total. The van der Waals surface area contributed by atoms with E-state index < -0.39 is 0 Å². The zero-order valence-electron chi connectivity index (χ0n) is 13.4. The summed E-state index contributed by atoms with van der Waals surface area (Å²) >= 11 is 0. The number of hydrogen-bond donors (Lipinski definition) is 2. The van der Waals surface area contributed by atoms with Gasteiger partial charge in [0.2, 0.25) is 5.91 Å². The fourth-order valence-electron chi connectivity index (χ4n) is 2.51. The van der Waals surface area contributed by atoms with Crippen molar-refractivity contribution in [1.29, 1.82) is 0 Å². The van der Waals surface area contributed by atoms with E-state index in [1.54, 1.807) is 0 Å². The molecule has 3 heteroatoms. The van der Waals surface area contributed by atoms with Crippen LogP contribution in [0.2, 0.25) is 0 Å². The lowest BCUT2D eigenvalue weighted by atomic mass is 9.95. The van der Waals surface area contributed by atoms with E-state index in [1.165, 1.54) is 16.7 Å². The number of carbonyl (C=O) groups is 1. The Hall–Kier alpha value is -1.35. The van der Waals surface area contributed by atoms with Crippen molar-refractivity contribution in [2.24, 2.45) is 17.6 Å². The summed E-state index contributed by atoms with van der Waals surface area (Å²) in [5.41, 5.74) is 9.33. The smallest absolute Gasteiger partial charge is 0.224 e. The van der Waals surface area contributed by atoms with E-state index in [9.17, 15) is 4.79 Å². The highest BCUT2D eigenvalue weighted by atomic mass is 16.1. The maximum absolute atomic E-state index is 12.3. The zero-order valence-corrected chi connectivity index (χ0v) is 13.4. The molecule has 0 heterocycles. The van der Waals surface area contributed by atoms with Crippen molar-refractivity contribution in [2.45, 2.75) is 47.1 Å². The molecule has 112 valence electrons. The number of amides is 1. The van der Waals surface area contributed by atoms with Crippen LogP contribution < -0.4 is 11.1 Å². The van der Waals surface area contributed by atoms with E-state index in [2.05, 4.69) is 51.2 Å². The van der Waals surface area contributed by atoms with Gasteiger partial charge < -0.3 is 11.1 Å². The lowest BCUT2D eigenvalue weighted by molar-refractivity contribution is -0.125. The highest BCUT2D eigenvalue weighted by Crippen LogP contribution is 2.20. The first-order valence-corrected chi connectivity index (χ1v) is 7.42. The molecular formula is C17H28N2O. The minimum absolute atomic E-state index is 0.0172. The van der Waals surface area contributed by atoms with Gasteiger partial charge >= 0.3 is 0 Å². The summed E-state index contributed by atoms with van der Waals surface area (Å²) < 4.78 is 0. The maximum atomic E-state index is 12.3. The molecule has 0 aromatic heterocycles. The summed E-state index contributed by atoms with van der Waals surface area (Å²) in [7, 11) is 0. The van der Waals surface area contributed by atoms with Crippen LogP contribution in [0.5, 0.6) is 0 Å². The number of aryl methyl sites for hydroxylation is 2. The number of nitrogens with one attached hydrogen (secondary N) is 1. The Kier molecular flexibility index (Phi) is 6.21. The van der Waals surface area contributed by atoms with Gasteiger partial charge in [-0.05, 0) is 44.2 Å². The average molecular weight is 276 g/mol. The minimum atomic E-state index is -0.0948. The Morgan fingerprint density at radius 3 is 2.45 bits per heavy atom. The van der Waals surface area contributed by atoms with Gasteiger partial charge in [-0.25, -0.2) is 0 Å². The monoisotopic (exact) mass is 276 g/mol. The van der Waals surface area contributed by atoms with E-state index in [-0.39, 0.29) is 17.9 Å². The summed E-state index contributed by atoms with van der Waals surface area (Å²) in [5.74, 6) is 0.447. The molecule has 0 saturated heterocycles. The number of benzene rings is 1. The molecule has 1 rings (SSSR count). The molecule has 0 spiro atoms. The summed E-state index contributed by atoms with van der Waals surface area (Å²) in [5, 5.41) is 3.10. The second-order valence-corrected chi connectivity index (χ2v) is 6.15. The third-order valence-electron chi connectivity index (χ3n) is 3.67. The lowest BCUT2D eigenvalue weighted by Gasteiger charge is -2.22. The van der Waals surface area contributed by atoms with Crippen LogP contribution in [-0.4, -0.2) is 12.5 Å². The SMILES string of the molecule is Cc1ccc(C)c(C(C)NC(=O)C(CN)CC(C)C)c1. The van der Waals surface area contributed by atoms with Gasteiger partial charge in [0.25, 0.3) is 0 Å². The molecule has 0 aliphatic heterocycles. The highest BCUT2D eigenvalue weighted by Gasteiger charge is 2.20. The van der Waals surface area contributed by atoms with Crippen molar-refractivity contribution in [1.82, 2.24) is 5.32 Å². The van der Waals surface area contributed by atoms with Gasteiger partial charge in [-0.2, -0.15) is 0 Å². The van der Waals surface area contributed by atoms with Crippen molar-refractivity contribution in [3.05, 3.63) is 34.9 Å². The van der Waals surface area contributed by atoms with E-state index in [0.717, 1.165) is 6.42 Å². The predicted molar refractivity (Wildman–Crippen MR) is 84.5 cm³/mol. The molecule has 0 aliphatic rings. The summed E-state index contributed by atoms with van der Waals surface area (Å²) in [6, 6.07) is 6.35. The fourth-order valence-corrected chi connectivity index (χ4v) is 2.51. The topological polar surface area (TPSA) is 55.1 Å². The first-order valence-electron chi connectivity index (χ1n) is 7.42. The first-order chi connectivity index (χ1) is 9.35. The molecule has 0 saturated carbocycles. The Balaban J connectivity index is 2.76. The quantitative estimate of drug-likeness (QED) is 0.839. The number of rotatable bonds is 6. The summed E-state index contributed by atoms with van der Waals surface area (Å²) in [6.07, 6.45) is 0.835. The predicted octanol–water partition coefficient (Wildman–Crippen LogP) is 3.10. The van der Waals surface area contributed by atoms with Gasteiger partial charge in [0.05, 0.1) is 12.0 Å². The molecule has 1 aromatic carbocycles. The highest BCUT2D eigenvalue weighted by molar-refractivity contribution is 5.79. The molecular weight excluding hydrogens is 248 g/mol. The van der Waals surface area contributed by atoms with Crippen molar-refractivity contribution in [2.75, 3.05) is 6.54 Å². The molecule has 2 unspecified atom stereocenters. The lowest BCUT2D eigenvalue weighted by Crippen LogP contribution is -2.37. The summed E-state index contributed by atoms with van der Waals surface area (Å²) in [4.78, 5) is 12.3.